The van der Waals surface area contributed by atoms with E-state index in [-0.39, 0.29) is 5.56 Å². The van der Waals surface area contributed by atoms with Crippen molar-refractivity contribution in [3.8, 4) is 0 Å². The Labute approximate surface area is 101 Å². The zero-order chi connectivity index (χ0) is 12.5. The Morgan fingerprint density at radius 1 is 1.18 bits per heavy atom. The quantitative estimate of drug-likeness (QED) is 0.691. The van der Waals surface area contributed by atoms with Crippen LogP contribution in [0.2, 0.25) is 0 Å². The molecular formula is C15H16F2. The molecule has 0 amide bonds. The van der Waals surface area contributed by atoms with Crippen LogP contribution in [0.15, 0.2) is 42.5 Å². The number of alkyl halides is 2. The molecular weight excluding hydrogens is 218 g/mol. The second-order valence-electron chi connectivity index (χ2n) is 4.70. The third-order valence-corrected chi connectivity index (χ3v) is 2.99. The minimum Gasteiger partial charge on any atom is -0.202 e. The lowest BCUT2D eigenvalue weighted by Crippen LogP contribution is -2.06. The average molecular weight is 234 g/mol. The smallest absolute Gasteiger partial charge is 0.202 e. The topological polar surface area (TPSA) is 0 Å². The molecule has 0 saturated heterocycles. The maximum Gasteiger partial charge on any atom is 0.270 e. The number of hydrogen-bond donors (Lipinski definition) is 0. The van der Waals surface area contributed by atoms with Gasteiger partial charge in [0.25, 0.3) is 5.92 Å². The van der Waals surface area contributed by atoms with E-state index in [1.165, 1.54) is 12.1 Å². The third kappa shape index (κ3) is 2.82. The van der Waals surface area contributed by atoms with Crippen LogP contribution in [0.5, 0.6) is 0 Å². The van der Waals surface area contributed by atoms with Gasteiger partial charge in [0.15, 0.2) is 0 Å². The fourth-order valence-corrected chi connectivity index (χ4v) is 1.99. The Hall–Kier alpha value is -1.44. The summed E-state index contributed by atoms with van der Waals surface area (Å²) in [5.74, 6) is -2.25. The minimum absolute atomic E-state index is 0.0645. The van der Waals surface area contributed by atoms with E-state index in [0.717, 1.165) is 24.5 Å². The van der Waals surface area contributed by atoms with Crippen LogP contribution in [0, 0.1) is 5.92 Å². The lowest BCUT2D eigenvalue weighted by atomic mass is 9.93. The molecule has 2 rings (SSSR count). The highest BCUT2D eigenvalue weighted by atomic mass is 19.3. The Balaban J connectivity index is 2.27. The Kier molecular flexibility index (Phi) is 3.14. The lowest BCUT2D eigenvalue weighted by Gasteiger charge is -2.14. The highest BCUT2D eigenvalue weighted by Crippen LogP contribution is 2.29. The van der Waals surface area contributed by atoms with Gasteiger partial charge in [-0.2, -0.15) is 0 Å². The Bertz CT molecular complexity index is 447. The van der Waals surface area contributed by atoms with Gasteiger partial charge < -0.3 is 0 Å². The third-order valence-electron chi connectivity index (χ3n) is 2.99. The molecule has 90 valence electrons. The van der Waals surface area contributed by atoms with Gasteiger partial charge in [-0.3, -0.25) is 0 Å². The minimum atomic E-state index is -2.76. The molecule has 0 fully saturated rings. The molecule has 1 atom stereocenters. The van der Waals surface area contributed by atoms with E-state index >= 15 is 0 Å². The molecule has 1 aliphatic carbocycles. The summed E-state index contributed by atoms with van der Waals surface area (Å²) in [5.41, 5.74) is 2.19. The maximum absolute atomic E-state index is 13.1. The molecule has 2 heteroatoms. The van der Waals surface area contributed by atoms with Crippen molar-refractivity contribution in [3.63, 3.8) is 0 Å². The van der Waals surface area contributed by atoms with E-state index in [1.54, 1.807) is 12.1 Å². The van der Waals surface area contributed by atoms with E-state index in [4.69, 9.17) is 0 Å². The summed E-state index contributed by atoms with van der Waals surface area (Å²) in [5, 5.41) is 0. The van der Waals surface area contributed by atoms with Crippen LogP contribution < -0.4 is 0 Å². The molecule has 1 aliphatic rings. The number of rotatable bonds is 2. The van der Waals surface area contributed by atoms with Gasteiger partial charge in [0.1, 0.15) is 0 Å². The van der Waals surface area contributed by atoms with Gasteiger partial charge in [0.05, 0.1) is 0 Å². The SMILES string of the molecule is CC1C=C(c2ccc(C(C)(F)F)cc2)C=CC1. The van der Waals surface area contributed by atoms with Gasteiger partial charge >= 0.3 is 0 Å². The highest BCUT2D eigenvalue weighted by Gasteiger charge is 2.23. The lowest BCUT2D eigenvalue weighted by molar-refractivity contribution is 0.0175. The summed E-state index contributed by atoms with van der Waals surface area (Å²) in [6.07, 6.45) is 7.41. The zero-order valence-electron chi connectivity index (χ0n) is 10.1. The molecule has 0 heterocycles. The fourth-order valence-electron chi connectivity index (χ4n) is 1.99. The molecule has 1 unspecified atom stereocenters. The van der Waals surface area contributed by atoms with Gasteiger partial charge in [-0.05, 0) is 23.5 Å². The predicted octanol–water partition coefficient (Wildman–Crippen LogP) is 4.78. The summed E-state index contributed by atoms with van der Waals surface area (Å²) >= 11 is 0. The summed E-state index contributed by atoms with van der Waals surface area (Å²) in [6, 6.07) is 6.54. The first-order valence-corrected chi connectivity index (χ1v) is 5.84. The van der Waals surface area contributed by atoms with Gasteiger partial charge in [-0.15, -0.1) is 0 Å². The predicted molar refractivity (Wildman–Crippen MR) is 66.9 cm³/mol. The summed E-state index contributed by atoms with van der Waals surface area (Å²) < 4.78 is 26.1. The van der Waals surface area contributed by atoms with Crippen molar-refractivity contribution in [1.29, 1.82) is 0 Å². The highest BCUT2D eigenvalue weighted by molar-refractivity contribution is 5.75. The second kappa shape index (κ2) is 4.44. The molecule has 0 N–H and O–H groups in total. The van der Waals surface area contributed by atoms with Crippen LogP contribution in [0.4, 0.5) is 8.78 Å². The van der Waals surface area contributed by atoms with Crippen molar-refractivity contribution in [2.24, 2.45) is 5.92 Å². The van der Waals surface area contributed by atoms with Gasteiger partial charge in [-0.1, -0.05) is 49.4 Å². The van der Waals surface area contributed by atoms with Crippen LogP contribution in [0.25, 0.3) is 5.57 Å². The summed E-state index contributed by atoms with van der Waals surface area (Å²) in [4.78, 5) is 0. The summed E-state index contributed by atoms with van der Waals surface area (Å²) in [7, 11) is 0. The summed E-state index contributed by atoms with van der Waals surface area (Å²) in [6.45, 7) is 3.07. The van der Waals surface area contributed by atoms with Gasteiger partial charge in [0.2, 0.25) is 0 Å². The molecule has 0 radical (unpaired) electrons. The Morgan fingerprint density at radius 2 is 1.82 bits per heavy atom. The average Bonchev–Trinajstić information content (AvgIpc) is 2.28. The maximum atomic E-state index is 13.1. The van der Waals surface area contributed by atoms with Gasteiger partial charge in [0, 0.05) is 12.5 Å². The molecule has 0 bridgehead atoms. The first kappa shape index (κ1) is 12.0. The van der Waals surface area contributed by atoms with E-state index in [1.807, 2.05) is 0 Å². The molecule has 0 spiro atoms. The van der Waals surface area contributed by atoms with Crippen LogP contribution >= 0.6 is 0 Å². The molecule has 0 aliphatic heterocycles. The van der Waals surface area contributed by atoms with Crippen LogP contribution in [0.3, 0.4) is 0 Å². The number of hydrogen-bond acceptors (Lipinski definition) is 0. The van der Waals surface area contributed by atoms with E-state index in [9.17, 15) is 8.78 Å². The molecule has 17 heavy (non-hydrogen) atoms. The number of benzene rings is 1. The van der Waals surface area contributed by atoms with Crippen molar-refractivity contribution in [2.75, 3.05) is 0 Å². The Morgan fingerprint density at radius 3 is 2.35 bits per heavy atom. The van der Waals surface area contributed by atoms with Crippen molar-refractivity contribution >= 4 is 5.57 Å². The first-order chi connectivity index (χ1) is 7.97. The standard InChI is InChI=1S/C15H16F2/c1-11-4-3-5-13(10-11)12-6-8-14(9-7-12)15(2,16)17/h3,5-11H,4H2,1-2H3. The molecule has 0 saturated carbocycles. The second-order valence-corrected chi connectivity index (χ2v) is 4.70. The monoisotopic (exact) mass is 234 g/mol. The largest absolute Gasteiger partial charge is 0.270 e. The molecule has 0 nitrogen and oxygen atoms in total. The van der Waals surface area contributed by atoms with Crippen LogP contribution in [0.1, 0.15) is 31.4 Å². The van der Waals surface area contributed by atoms with Crippen molar-refractivity contribution < 1.29 is 8.78 Å². The van der Waals surface area contributed by atoms with Crippen molar-refractivity contribution in [1.82, 2.24) is 0 Å². The molecule has 1 aromatic carbocycles. The molecule has 1 aromatic rings. The molecule has 0 aromatic heterocycles. The first-order valence-electron chi connectivity index (χ1n) is 5.84. The van der Waals surface area contributed by atoms with Gasteiger partial charge in [-0.25, -0.2) is 8.78 Å². The normalized spacial score (nSPS) is 20.2. The van der Waals surface area contributed by atoms with Crippen LogP contribution in [-0.4, -0.2) is 0 Å². The van der Waals surface area contributed by atoms with Crippen molar-refractivity contribution in [3.05, 3.63) is 53.6 Å². The van der Waals surface area contributed by atoms with Crippen molar-refractivity contribution in [2.45, 2.75) is 26.2 Å². The fraction of sp³-hybridized carbons (Fsp3) is 0.333. The number of halogens is 2. The van der Waals surface area contributed by atoms with E-state index in [0.29, 0.717) is 5.92 Å². The van der Waals surface area contributed by atoms with E-state index < -0.39 is 5.92 Å². The van der Waals surface area contributed by atoms with E-state index in [2.05, 4.69) is 25.2 Å². The zero-order valence-corrected chi connectivity index (χ0v) is 10.1. The van der Waals surface area contributed by atoms with Crippen LogP contribution in [-0.2, 0) is 5.92 Å². The number of allylic oxidation sites excluding steroid dienone is 4.